The van der Waals surface area contributed by atoms with Gasteiger partial charge in [-0.25, -0.2) is 9.78 Å². The van der Waals surface area contributed by atoms with Gasteiger partial charge in [-0.1, -0.05) is 0 Å². The fourth-order valence-corrected chi connectivity index (χ4v) is 2.93. The number of nitrogens with one attached hydrogen (secondary N) is 3. The molecule has 2 heterocycles. The molecule has 0 aromatic carbocycles. The van der Waals surface area contributed by atoms with E-state index >= 15 is 0 Å². The zero-order chi connectivity index (χ0) is 14.5. The number of carbonyl (C=O) groups excluding carboxylic acids is 2. The van der Waals surface area contributed by atoms with Gasteiger partial charge < -0.3 is 16.0 Å². The summed E-state index contributed by atoms with van der Waals surface area (Å²) in [5.41, 5.74) is 0.996. The molecule has 1 saturated heterocycles. The maximum atomic E-state index is 11.8. The normalized spacial score (nSPS) is 19.1. The summed E-state index contributed by atoms with van der Waals surface area (Å²) < 4.78 is 0. The first kappa shape index (κ1) is 14.8. The first-order chi connectivity index (χ1) is 9.56. The van der Waals surface area contributed by atoms with E-state index in [2.05, 4.69) is 20.9 Å². The maximum Gasteiger partial charge on any atom is 0.315 e. The zero-order valence-electron chi connectivity index (χ0n) is 11.8. The lowest BCUT2D eigenvalue weighted by atomic mass is 10.1. The number of carbonyl (C=O) groups is 2. The zero-order valence-corrected chi connectivity index (χ0v) is 12.6. The smallest absolute Gasteiger partial charge is 0.315 e. The van der Waals surface area contributed by atoms with Gasteiger partial charge in [-0.2, -0.15) is 0 Å². The third-order valence-corrected chi connectivity index (χ3v) is 4.39. The predicted molar refractivity (Wildman–Crippen MR) is 77.6 cm³/mol. The largest absolute Gasteiger partial charge is 0.354 e. The minimum absolute atomic E-state index is 0.0985. The average molecular weight is 296 g/mol. The van der Waals surface area contributed by atoms with Crippen molar-refractivity contribution >= 4 is 23.3 Å². The van der Waals surface area contributed by atoms with Crippen molar-refractivity contribution in [2.45, 2.75) is 45.7 Å². The molecule has 2 rings (SSSR count). The summed E-state index contributed by atoms with van der Waals surface area (Å²) in [4.78, 5) is 29.0. The van der Waals surface area contributed by atoms with Crippen molar-refractivity contribution in [3.63, 3.8) is 0 Å². The van der Waals surface area contributed by atoms with Crippen molar-refractivity contribution in [2.24, 2.45) is 0 Å². The topological polar surface area (TPSA) is 83.1 Å². The molecule has 7 heteroatoms. The molecule has 1 aromatic heterocycles. The van der Waals surface area contributed by atoms with Gasteiger partial charge in [0.15, 0.2) is 0 Å². The van der Waals surface area contributed by atoms with Crippen LogP contribution < -0.4 is 16.0 Å². The van der Waals surface area contributed by atoms with E-state index in [0.717, 1.165) is 28.4 Å². The highest BCUT2D eigenvalue weighted by Gasteiger charge is 2.22. The predicted octanol–water partition coefficient (Wildman–Crippen LogP) is 1.23. The Kier molecular flexibility index (Phi) is 4.94. The number of urea groups is 1. The van der Waals surface area contributed by atoms with Gasteiger partial charge in [0.2, 0.25) is 5.91 Å². The van der Waals surface area contributed by atoms with Gasteiger partial charge in [0.05, 0.1) is 12.2 Å². The van der Waals surface area contributed by atoms with Crippen LogP contribution in [0.5, 0.6) is 0 Å². The van der Waals surface area contributed by atoms with Crippen molar-refractivity contribution in [2.75, 3.05) is 6.54 Å². The van der Waals surface area contributed by atoms with Crippen molar-refractivity contribution in [3.8, 4) is 0 Å². The Hall–Kier alpha value is -1.63. The third-order valence-electron chi connectivity index (χ3n) is 3.31. The van der Waals surface area contributed by atoms with Crippen LogP contribution in [0.3, 0.4) is 0 Å². The quantitative estimate of drug-likeness (QED) is 0.784. The summed E-state index contributed by atoms with van der Waals surface area (Å²) in [5, 5.41) is 9.13. The Balaban J connectivity index is 1.81. The minimum atomic E-state index is -0.433. The molecule has 110 valence electrons. The molecule has 0 radical (unpaired) electrons. The van der Waals surface area contributed by atoms with Gasteiger partial charge in [-0.3, -0.25) is 4.79 Å². The summed E-state index contributed by atoms with van der Waals surface area (Å²) in [5.74, 6) is -0.0985. The van der Waals surface area contributed by atoms with Gasteiger partial charge >= 0.3 is 6.03 Å². The number of thiazole rings is 1. The first-order valence-corrected chi connectivity index (χ1v) is 7.63. The van der Waals surface area contributed by atoms with Crippen molar-refractivity contribution < 1.29 is 9.59 Å². The van der Waals surface area contributed by atoms with Crippen LogP contribution in [0.1, 0.15) is 34.8 Å². The molecule has 1 aromatic rings. The Labute approximate surface area is 122 Å². The van der Waals surface area contributed by atoms with E-state index in [1.807, 2.05) is 13.8 Å². The van der Waals surface area contributed by atoms with E-state index in [0.29, 0.717) is 19.5 Å². The minimum Gasteiger partial charge on any atom is -0.354 e. The van der Waals surface area contributed by atoms with Gasteiger partial charge in [0.1, 0.15) is 11.0 Å². The molecule has 6 nitrogen and oxygen atoms in total. The van der Waals surface area contributed by atoms with Crippen LogP contribution in [0.15, 0.2) is 0 Å². The van der Waals surface area contributed by atoms with E-state index in [1.165, 1.54) is 0 Å². The summed E-state index contributed by atoms with van der Waals surface area (Å²) in [7, 11) is 0. The molecule has 0 bridgehead atoms. The fourth-order valence-electron chi connectivity index (χ4n) is 2.06. The summed E-state index contributed by atoms with van der Waals surface area (Å²) >= 11 is 1.57. The second-order valence-corrected chi connectivity index (χ2v) is 6.20. The molecule has 1 fully saturated rings. The first-order valence-electron chi connectivity index (χ1n) is 6.81. The molecule has 20 heavy (non-hydrogen) atoms. The van der Waals surface area contributed by atoms with E-state index < -0.39 is 6.04 Å². The Bertz CT molecular complexity index is 481. The number of hydrogen-bond donors (Lipinski definition) is 3. The molecule has 0 saturated carbocycles. The van der Waals surface area contributed by atoms with Crippen LogP contribution in [0.2, 0.25) is 0 Å². The Morgan fingerprint density at radius 1 is 1.45 bits per heavy atom. The number of amides is 3. The van der Waals surface area contributed by atoms with Crippen molar-refractivity contribution in [1.29, 1.82) is 0 Å². The molecule has 0 aliphatic carbocycles. The summed E-state index contributed by atoms with van der Waals surface area (Å²) in [6, 6.07) is -0.755. The highest BCUT2D eigenvalue weighted by molar-refractivity contribution is 7.11. The van der Waals surface area contributed by atoms with Crippen LogP contribution in [-0.4, -0.2) is 29.5 Å². The van der Waals surface area contributed by atoms with Crippen LogP contribution in [0.4, 0.5) is 4.79 Å². The van der Waals surface area contributed by atoms with Gasteiger partial charge in [0.25, 0.3) is 0 Å². The lowest BCUT2D eigenvalue weighted by Crippen LogP contribution is -2.48. The SMILES string of the molecule is Cc1nc(CNC(=O)NC2CCCCNC2=O)sc1C. The molecule has 1 atom stereocenters. The van der Waals surface area contributed by atoms with Gasteiger partial charge in [-0.05, 0) is 33.1 Å². The van der Waals surface area contributed by atoms with Gasteiger partial charge in [-0.15, -0.1) is 11.3 Å². The molecular weight excluding hydrogens is 276 g/mol. The highest BCUT2D eigenvalue weighted by atomic mass is 32.1. The van der Waals surface area contributed by atoms with Crippen LogP contribution in [0.25, 0.3) is 0 Å². The second-order valence-electron chi connectivity index (χ2n) is 4.92. The molecule has 3 N–H and O–H groups in total. The fraction of sp³-hybridized carbons (Fsp3) is 0.615. The van der Waals surface area contributed by atoms with Crippen LogP contribution >= 0.6 is 11.3 Å². The lowest BCUT2D eigenvalue weighted by molar-refractivity contribution is -0.122. The highest BCUT2D eigenvalue weighted by Crippen LogP contribution is 2.15. The number of aromatic nitrogens is 1. The van der Waals surface area contributed by atoms with E-state index in [-0.39, 0.29) is 11.9 Å². The van der Waals surface area contributed by atoms with E-state index in [9.17, 15) is 9.59 Å². The number of hydrogen-bond acceptors (Lipinski definition) is 4. The molecule has 1 unspecified atom stereocenters. The summed E-state index contributed by atoms with van der Waals surface area (Å²) in [6.45, 7) is 5.04. The number of nitrogens with zero attached hydrogens (tertiary/aromatic N) is 1. The number of aryl methyl sites for hydroxylation is 2. The number of rotatable bonds is 3. The molecule has 3 amide bonds. The Morgan fingerprint density at radius 2 is 2.25 bits per heavy atom. The molecule has 1 aliphatic heterocycles. The second kappa shape index (κ2) is 6.69. The average Bonchev–Trinajstić information content (AvgIpc) is 2.59. The van der Waals surface area contributed by atoms with Crippen LogP contribution in [0, 0.1) is 13.8 Å². The van der Waals surface area contributed by atoms with E-state index in [4.69, 9.17) is 0 Å². The van der Waals surface area contributed by atoms with Crippen molar-refractivity contribution in [1.82, 2.24) is 20.9 Å². The van der Waals surface area contributed by atoms with Gasteiger partial charge in [0, 0.05) is 11.4 Å². The lowest BCUT2D eigenvalue weighted by Gasteiger charge is -2.15. The molecule has 1 aliphatic rings. The maximum absolute atomic E-state index is 11.8. The molecular formula is C13H20N4O2S. The van der Waals surface area contributed by atoms with E-state index in [1.54, 1.807) is 11.3 Å². The monoisotopic (exact) mass is 296 g/mol. The molecule has 0 spiro atoms. The van der Waals surface area contributed by atoms with Crippen LogP contribution in [-0.2, 0) is 11.3 Å². The summed E-state index contributed by atoms with van der Waals surface area (Å²) in [6.07, 6.45) is 2.59. The van der Waals surface area contributed by atoms with Crippen molar-refractivity contribution in [3.05, 3.63) is 15.6 Å². The standard InChI is InChI=1S/C13H20N4O2S/c1-8-9(2)20-11(16-8)7-15-13(19)17-10-5-3-4-6-14-12(10)18/h10H,3-7H2,1-2H3,(H,14,18)(H2,15,17,19). The third kappa shape index (κ3) is 3.93. The Morgan fingerprint density at radius 3 is 2.95 bits per heavy atom.